The Morgan fingerprint density at radius 2 is 1.82 bits per heavy atom. The number of pyridine rings is 1. The molecule has 2 aromatic heterocycles. The number of rotatable bonds is 9. The number of hydrogen-bond acceptors (Lipinski definition) is 9. The van der Waals surface area contributed by atoms with Gasteiger partial charge in [0.1, 0.15) is 11.6 Å². The molecule has 0 saturated heterocycles. The summed E-state index contributed by atoms with van der Waals surface area (Å²) in [6.07, 6.45) is 4.17. The lowest BCUT2D eigenvalue weighted by molar-refractivity contribution is 0.354. The molecular formula is C19H23N7O2. The highest BCUT2D eigenvalue weighted by Crippen LogP contribution is 2.27. The number of nitrogens with zero attached hydrogens (tertiary/aromatic N) is 3. The van der Waals surface area contributed by atoms with Crippen molar-refractivity contribution < 1.29 is 9.47 Å². The first kappa shape index (κ1) is 19.2. The van der Waals surface area contributed by atoms with Crippen LogP contribution in [0.25, 0.3) is 0 Å². The van der Waals surface area contributed by atoms with Gasteiger partial charge in [0.2, 0.25) is 5.95 Å². The highest BCUT2D eigenvalue weighted by molar-refractivity contribution is 5.57. The molecule has 0 radical (unpaired) electrons. The Morgan fingerprint density at radius 3 is 2.54 bits per heavy atom. The highest BCUT2D eigenvalue weighted by atomic mass is 16.5. The van der Waals surface area contributed by atoms with Crippen LogP contribution in [-0.4, -0.2) is 35.7 Å². The molecule has 0 bridgehead atoms. The smallest absolute Gasteiger partial charge is 0.231 e. The average molecular weight is 381 g/mol. The van der Waals surface area contributed by atoms with Crippen molar-refractivity contribution in [3.63, 3.8) is 0 Å². The quantitative estimate of drug-likeness (QED) is 0.327. The van der Waals surface area contributed by atoms with Crippen LogP contribution in [0, 0.1) is 0 Å². The van der Waals surface area contributed by atoms with Gasteiger partial charge in [0.05, 0.1) is 26.1 Å². The molecule has 9 heteroatoms. The van der Waals surface area contributed by atoms with E-state index < -0.39 is 0 Å². The minimum atomic E-state index is 0.414. The lowest BCUT2D eigenvalue weighted by Crippen LogP contribution is -2.13. The van der Waals surface area contributed by atoms with Crippen molar-refractivity contribution in [3.05, 3.63) is 54.4 Å². The molecule has 0 amide bonds. The van der Waals surface area contributed by atoms with Crippen LogP contribution in [0.2, 0.25) is 0 Å². The molecule has 0 unspecified atom stereocenters. The summed E-state index contributed by atoms with van der Waals surface area (Å²) < 4.78 is 10.6. The van der Waals surface area contributed by atoms with Gasteiger partial charge in [-0.05, 0) is 36.2 Å². The van der Waals surface area contributed by atoms with Gasteiger partial charge >= 0.3 is 0 Å². The van der Waals surface area contributed by atoms with Crippen LogP contribution in [0.15, 0.2) is 48.8 Å². The summed E-state index contributed by atoms with van der Waals surface area (Å²) in [5.74, 6) is 8.50. The molecule has 1 aromatic carbocycles. The van der Waals surface area contributed by atoms with E-state index in [0.29, 0.717) is 35.6 Å². The van der Waals surface area contributed by atoms with E-state index in [9.17, 15) is 0 Å². The molecular weight excluding hydrogens is 358 g/mol. The summed E-state index contributed by atoms with van der Waals surface area (Å²) in [4.78, 5) is 12.8. The van der Waals surface area contributed by atoms with Crippen LogP contribution < -0.4 is 31.4 Å². The van der Waals surface area contributed by atoms with Crippen LogP contribution >= 0.6 is 0 Å². The number of benzene rings is 1. The fourth-order valence-corrected chi connectivity index (χ4v) is 2.60. The van der Waals surface area contributed by atoms with Gasteiger partial charge in [-0.1, -0.05) is 6.07 Å². The molecule has 3 rings (SSSR count). The summed E-state index contributed by atoms with van der Waals surface area (Å²) in [6.45, 7) is 0.669. The molecule has 5 N–H and O–H groups in total. The van der Waals surface area contributed by atoms with Gasteiger partial charge in [-0.3, -0.25) is 4.98 Å². The minimum absolute atomic E-state index is 0.414. The number of nitrogens with one attached hydrogen (secondary N) is 3. The predicted molar refractivity (Wildman–Crippen MR) is 109 cm³/mol. The first-order valence-corrected chi connectivity index (χ1v) is 8.69. The van der Waals surface area contributed by atoms with Gasteiger partial charge in [0.25, 0.3) is 0 Å². The van der Waals surface area contributed by atoms with E-state index in [2.05, 4.69) is 31.0 Å². The maximum absolute atomic E-state index is 5.53. The van der Waals surface area contributed by atoms with Crippen molar-refractivity contribution in [3.8, 4) is 11.5 Å². The minimum Gasteiger partial charge on any atom is -0.493 e. The van der Waals surface area contributed by atoms with Gasteiger partial charge in [0, 0.05) is 18.8 Å². The van der Waals surface area contributed by atoms with Gasteiger partial charge in [-0.25, -0.2) is 5.84 Å². The van der Waals surface area contributed by atoms with Crippen molar-refractivity contribution in [2.24, 2.45) is 5.84 Å². The molecule has 0 spiro atoms. The molecule has 0 saturated carbocycles. The summed E-state index contributed by atoms with van der Waals surface area (Å²) >= 11 is 0. The summed E-state index contributed by atoms with van der Waals surface area (Å²) in [5.41, 5.74) is 4.45. The Balaban J connectivity index is 1.66. The van der Waals surface area contributed by atoms with E-state index in [1.165, 1.54) is 0 Å². The predicted octanol–water partition coefficient (Wildman–Crippen LogP) is 2.57. The Hall–Kier alpha value is -3.59. The van der Waals surface area contributed by atoms with E-state index in [1.54, 1.807) is 32.7 Å². The second-order valence-corrected chi connectivity index (χ2v) is 5.84. The summed E-state index contributed by atoms with van der Waals surface area (Å²) in [5, 5.41) is 6.39. The van der Waals surface area contributed by atoms with E-state index in [0.717, 1.165) is 17.7 Å². The number of nitrogens with two attached hydrogens (primary N) is 1. The van der Waals surface area contributed by atoms with Crippen LogP contribution in [-0.2, 0) is 6.42 Å². The molecule has 0 aliphatic rings. The second-order valence-electron chi connectivity index (χ2n) is 5.84. The Labute approximate surface area is 163 Å². The third kappa shape index (κ3) is 4.98. The molecule has 0 aliphatic heterocycles. The fourth-order valence-electron chi connectivity index (χ4n) is 2.60. The van der Waals surface area contributed by atoms with Gasteiger partial charge < -0.3 is 25.5 Å². The van der Waals surface area contributed by atoms with Gasteiger partial charge in [-0.15, -0.1) is 0 Å². The van der Waals surface area contributed by atoms with E-state index in [-0.39, 0.29) is 0 Å². The van der Waals surface area contributed by atoms with Crippen molar-refractivity contribution in [1.82, 2.24) is 15.0 Å². The van der Waals surface area contributed by atoms with Crippen LogP contribution in [0.3, 0.4) is 0 Å². The number of anilines is 4. The lowest BCUT2D eigenvalue weighted by atomic mass is 10.1. The number of methoxy groups -OCH3 is 2. The second kappa shape index (κ2) is 9.38. The number of hydrazine groups is 1. The van der Waals surface area contributed by atoms with Crippen molar-refractivity contribution in [2.75, 3.05) is 36.8 Å². The zero-order chi connectivity index (χ0) is 19.8. The first-order valence-electron chi connectivity index (χ1n) is 8.69. The summed E-state index contributed by atoms with van der Waals surface area (Å²) in [6, 6.07) is 11.3. The molecule has 0 atom stereocenters. The first-order chi connectivity index (χ1) is 13.7. The van der Waals surface area contributed by atoms with Crippen LogP contribution in [0.1, 0.15) is 5.56 Å². The maximum atomic E-state index is 5.53. The third-order valence-electron chi connectivity index (χ3n) is 3.96. The molecule has 9 nitrogen and oxygen atoms in total. The molecule has 2 heterocycles. The standard InChI is InChI=1S/C19H23N7O2/c1-27-15-6-5-13(10-16(15)28-2)7-9-22-17-11-18(26-20)25-19(24-17)23-14-4-3-8-21-12-14/h3-6,8,10-12H,7,9,20H2,1-2H3,(H3,22,23,24,25,26). The van der Waals surface area contributed by atoms with Crippen molar-refractivity contribution >= 4 is 23.3 Å². The Morgan fingerprint density at radius 1 is 1.00 bits per heavy atom. The molecule has 0 aliphatic carbocycles. The van der Waals surface area contributed by atoms with Gasteiger partial charge in [-0.2, -0.15) is 9.97 Å². The van der Waals surface area contributed by atoms with E-state index in [1.807, 2.05) is 30.3 Å². The average Bonchev–Trinajstić information content (AvgIpc) is 2.74. The zero-order valence-corrected chi connectivity index (χ0v) is 15.8. The SMILES string of the molecule is COc1ccc(CCNc2cc(NN)nc(Nc3cccnc3)n2)cc1OC. The summed E-state index contributed by atoms with van der Waals surface area (Å²) in [7, 11) is 3.24. The monoisotopic (exact) mass is 381 g/mol. The van der Waals surface area contributed by atoms with Crippen molar-refractivity contribution in [2.45, 2.75) is 6.42 Å². The Bertz CT molecular complexity index is 906. The van der Waals surface area contributed by atoms with E-state index in [4.69, 9.17) is 15.3 Å². The van der Waals surface area contributed by atoms with Crippen LogP contribution in [0.4, 0.5) is 23.3 Å². The highest BCUT2D eigenvalue weighted by Gasteiger charge is 2.07. The maximum Gasteiger partial charge on any atom is 0.231 e. The normalized spacial score (nSPS) is 10.2. The number of aromatic nitrogens is 3. The number of hydrogen-bond donors (Lipinski definition) is 4. The fraction of sp³-hybridized carbons (Fsp3) is 0.211. The van der Waals surface area contributed by atoms with Crippen LogP contribution in [0.5, 0.6) is 11.5 Å². The molecule has 0 fully saturated rings. The third-order valence-corrected chi connectivity index (χ3v) is 3.96. The molecule has 28 heavy (non-hydrogen) atoms. The molecule has 146 valence electrons. The lowest BCUT2D eigenvalue weighted by Gasteiger charge is -2.12. The molecule has 3 aromatic rings. The Kier molecular flexibility index (Phi) is 6.42. The number of nitrogen functional groups attached to an aromatic ring is 1. The largest absolute Gasteiger partial charge is 0.493 e. The van der Waals surface area contributed by atoms with E-state index >= 15 is 0 Å². The van der Waals surface area contributed by atoms with Gasteiger partial charge in [0.15, 0.2) is 11.5 Å². The van der Waals surface area contributed by atoms with Crippen molar-refractivity contribution in [1.29, 1.82) is 0 Å². The topological polar surface area (TPSA) is 119 Å². The number of ether oxygens (including phenoxy) is 2. The zero-order valence-electron chi connectivity index (χ0n) is 15.8.